The van der Waals surface area contributed by atoms with Crippen molar-refractivity contribution in [2.45, 2.75) is 44.6 Å². The van der Waals surface area contributed by atoms with Gasteiger partial charge >= 0.3 is 5.97 Å². The van der Waals surface area contributed by atoms with Crippen LogP contribution < -0.4 is 0 Å². The van der Waals surface area contributed by atoms with Crippen molar-refractivity contribution in [2.75, 3.05) is 0 Å². The molecule has 29 heavy (non-hydrogen) atoms. The van der Waals surface area contributed by atoms with Gasteiger partial charge < -0.3 is 5.11 Å². The van der Waals surface area contributed by atoms with Gasteiger partial charge in [0.05, 0.1) is 31.2 Å². The first-order valence-electron chi connectivity index (χ1n) is 9.61. The Morgan fingerprint density at radius 1 is 0.828 bits per heavy atom. The molecule has 1 N–H and O–H groups in total. The van der Waals surface area contributed by atoms with Crippen molar-refractivity contribution in [3.05, 3.63) is 31.2 Å². The smallest absolute Gasteiger partial charge is 0.327 e. The van der Waals surface area contributed by atoms with E-state index in [1.165, 1.54) is 0 Å². The van der Waals surface area contributed by atoms with Crippen LogP contribution in [0.2, 0.25) is 20.1 Å². The lowest BCUT2D eigenvalue weighted by atomic mass is 9.47. The molecule has 0 saturated heterocycles. The zero-order valence-electron chi connectivity index (χ0n) is 15.2. The fourth-order valence-electron chi connectivity index (χ4n) is 6.76. The van der Waals surface area contributed by atoms with Crippen molar-refractivity contribution in [2.24, 2.45) is 23.2 Å². The Balaban J connectivity index is 1.63. The molecule has 5 nitrogen and oxygen atoms in total. The highest BCUT2D eigenvalue weighted by Crippen LogP contribution is 2.62. The van der Waals surface area contributed by atoms with E-state index in [2.05, 4.69) is 0 Å². The fourth-order valence-corrected chi connectivity index (χ4v) is 7.77. The van der Waals surface area contributed by atoms with Crippen LogP contribution in [-0.2, 0) is 4.79 Å². The first-order valence-corrected chi connectivity index (χ1v) is 11.1. The second-order valence-corrected chi connectivity index (χ2v) is 10.5. The van der Waals surface area contributed by atoms with Gasteiger partial charge in [-0.2, -0.15) is 0 Å². The normalized spacial score (nSPS) is 33.4. The van der Waals surface area contributed by atoms with E-state index < -0.39 is 29.2 Å². The van der Waals surface area contributed by atoms with E-state index in [0.29, 0.717) is 37.0 Å². The van der Waals surface area contributed by atoms with Gasteiger partial charge in [-0.15, -0.1) is 0 Å². The molecule has 4 saturated carbocycles. The summed E-state index contributed by atoms with van der Waals surface area (Å²) in [5, 5.41) is 9.60. The van der Waals surface area contributed by atoms with Crippen LogP contribution >= 0.6 is 46.4 Å². The molecule has 4 fully saturated rings. The highest BCUT2D eigenvalue weighted by molar-refractivity contribution is 6.55. The summed E-state index contributed by atoms with van der Waals surface area (Å²) in [5.41, 5.74) is -0.931. The van der Waals surface area contributed by atoms with E-state index in [1.807, 2.05) is 0 Å². The number of fused-ring (bicyclic) bond motifs is 1. The number of carbonyl (C=O) groups is 3. The molecular weight excluding hydrogens is 460 g/mol. The average Bonchev–Trinajstić information content (AvgIpc) is 2.88. The molecule has 0 aromatic heterocycles. The van der Waals surface area contributed by atoms with Gasteiger partial charge in [0.2, 0.25) is 0 Å². The molecule has 1 aromatic carbocycles. The number of imide groups is 1. The van der Waals surface area contributed by atoms with Crippen molar-refractivity contribution in [1.82, 2.24) is 4.90 Å². The summed E-state index contributed by atoms with van der Waals surface area (Å²) in [4.78, 5) is 39.9. The molecule has 0 radical (unpaired) electrons. The molecule has 0 unspecified atom stereocenters. The number of aliphatic carboxylic acids is 1. The molecule has 4 bridgehead atoms. The summed E-state index contributed by atoms with van der Waals surface area (Å²) < 4.78 is 0. The Labute approximate surface area is 187 Å². The minimum Gasteiger partial charge on any atom is -0.480 e. The number of carboxylic acid groups (broad SMARTS) is 1. The van der Waals surface area contributed by atoms with E-state index in [4.69, 9.17) is 46.4 Å². The highest BCUT2D eigenvalue weighted by atomic mass is 35.5. The Morgan fingerprint density at radius 2 is 1.21 bits per heavy atom. The van der Waals surface area contributed by atoms with Crippen molar-refractivity contribution >= 4 is 64.2 Å². The fraction of sp³-hybridized carbons (Fsp3) is 0.550. The van der Waals surface area contributed by atoms with Gasteiger partial charge in [-0.1, -0.05) is 46.4 Å². The predicted molar refractivity (Wildman–Crippen MR) is 109 cm³/mol. The largest absolute Gasteiger partial charge is 0.480 e. The van der Waals surface area contributed by atoms with Crippen LogP contribution in [-0.4, -0.2) is 33.8 Å². The van der Waals surface area contributed by atoms with Crippen LogP contribution in [0.3, 0.4) is 0 Å². The summed E-state index contributed by atoms with van der Waals surface area (Å²) in [5.74, 6) is -1.35. The van der Waals surface area contributed by atoms with Crippen molar-refractivity contribution < 1.29 is 19.5 Å². The molecule has 1 aromatic rings. The van der Waals surface area contributed by atoms with Crippen molar-refractivity contribution in [3.63, 3.8) is 0 Å². The molecule has 9 heteroatoms. The van der Waals surface area contributed by atoms with Crippen LogP contribution in [0.15, 0.2) is 0 Å². The SMILES string of the molecule is O=C(O)[C@@H](N1C(=O)c2c(Cl)c(Cl)c(Cl)c(Cl)c2C1=O)C12CC3CC(CC(C3)C1)C2. The van der Waals surface area contributed by atoms with E-state index in [0.717, 1.165) is 24.2 Å². The Morgan fingerprint density at radius 3 is 1.55 bits per heavy atom. The summed E-state index contributed by atoms with van der Waals surface area (Å²) in [6, 6.07) is -1.26. The molecule has 1 heterocycles. The minimum atomic E-state index is -1.26. The van der Waals surface area contributed by atoms with Gasteiger partial charge in [0.15, 0.2) is 0 Å². The first kappa shape index (κ1) is 19.9. The molecule has 1 aliphatic heterocycles. The standard InChI is InChI=1S/C20H17Cl4NO4/c21-12-10-11(13(22)15(24)14(12)23)18(27)25(17(10)26)16(19(28)29)20-4-7-1-8(5-20)3-9(2-7)6-20/h7-9,16H,1-6H2,(H,28,29)/t7?,8?,9?,16-,20?/m1/s1. The maximum atomic E-state index is 13.3. The number of benzene rings is 1. The summed E-state index contributed by atoms with van der Waals surface area (Å²) >= 11 is 24.6. The van der Waals surface area contributed by atoms with E-state index in [-0.39, 0.29) is 31.2 Å². The van der Waals surface area contributed by atoms with E-state index in [1.54, 1.807) is 0 Å². The van der Waals surface area contributed by atoms with E-state index in [9.17, 15) is 19.5 Å². The van der Waals surface area contributed by atoms with Crippen LogP contribution in [0, 0.1) is 23.2 Å². The van der Waals surface area contributed by atoms with Gasteiger partial charge in [-0.25, -0.2) is 4.79 Å². The Kier molecular flexibility index (Phi) is 4.46. The zero-order valence-corrected chi connectivity index (χ0v) is 18.2. The monoisotopic (exact) mass is 475 g/mol. The topological polar surface area (TPSA) is 74.7 Å². The van der Waals surface area contributed by atoms with Crippen molar-refractivity contribution in [3.8, 4) is 0 Å². The molecule has 154 valence electrons. The minimum absolute atomic E-state index is 0.123. The lowest BCUT2D eigenvalue weighted by molar-refractivity contribution is -0.156. The molecular formula is C20H17Cl4NO4. The number of hydrogen-bond donors (Lipinski definition) is 1. The number of halogens is 4. The molecule has 5 aliphatic rings. The Hall–Kier alpha value is -1.01. The zero-order chi connectivity index (χ0) is 20.8. The lowest BCUT2D eigenvalue weighted by Crippen LogP contribution is -2.61. The quantitative estimate of drug-likeness (QED) is 0.351. The van der Waals surface area contributed by atoms with Crippen LogP contribution in [0.1, 0.15) is 59.2 Å². The van der Waals surface area contributed by atoms with Gasteiger partial charge in [-0.3, -0.25) is 14.5 Å². The average molecular weight is 477 g/mol. The molecule has 2 amide bonds. The third-order valence-electron chi connectivity index (χ3n) is 7.29. The van der Waals surface area contributed by atoms with Gasteiger partial charge in [0.1, 0.15) is 6.04 Å². The molecule has 4 aliphatic carbocycles. The van der Waals surface area contributed by atoms with Crippen LogP contribution in [0.5, 0.6) is 0 Å². The van der Waals surface area contributed by atoms with Gasteiger partial charge in [0, 0.05) is 5.41 Å². The summed E-state index contributed by atoms with van der Waals surface area (Å²) in [6.45, 7) is 0. The Bertz CT molecular complexity index is 909. The predicted octanol–water partition coefficient (Wildman–Crippen LogP) is 5.57. The highest BCUT2D eigenvalue weighted by Gasteiger charge is 2.61. The van der Waals surface area contributed by atoms with Crippen LogP contribution in [0.25, 0.3) is 0 Å². The molecule has 6 rings (SSSR count). The lowest BCUT2D eigenvalue weighted by Gasteiger charge is -2.59. The second-order valence-electron chi connectivity index (χ2n) is 9.01. The molecule has 1 atom stereocenters. The van der Waals surface area contributed by atoms with Gasteiger partial charge in [-0.05, 0) is 56.3 Å². The van der Waals surface area contributed by atoms with Gasteiger partial charge in [0.25, 0.3) is 11.8 Å². The number of nitrogens with zero attached hydrogens (tertiary/aromatic N) is 1. The number of carbonyl (C=O) groups excluding carboxylic acids is 2. The maximum absolute atomic E-state index is 13.3. The number of carboxylic acids is 1. The third kappa shape index (κ3) is 2.63. The second kappa shape index (κ2) is 6.49. The number of hydrogen-bond acceptors (Lipinski definition) is 3. The summed E-state index contributed by atoms with van der Waals surface area (Å²) in [7, 11) is 0. The maximum Gasteiger partial charge on any atom is 0.327 e. The number of amides is 2. The first-order chi connectivity index (χ1) is 13.6. The van der Waals surface area contributed by atoms with Crippen molar-refractivity contribution in [1.29, 1.82) is 0 Å². The summed E-state index contributed by atoms with van der Waals surface area (Å²) in [6.07, 6.45) is 5.47. The third-order valence-corrected chi connectivity index (χ3v) is 9.09. The van der Waals surface area contributed by atoms with Crippen LogP contribution in [0.4, 0.5) is 0 Å². The number of rotatable bonds is 3. The molecule has 0 spiro atoms. The van der Waals surface area contributed by atoms with E-state index >= 15 is 0 Å².